The maximum absolute atomic E-state index is 12.4. The number of nitrogens with one attached hydrogen (secondary N) is 4. The molecule has 0 aromatic rings. The Labute approximate surface area is 175 Å². The van der Waals surface area contributed by atoms with Crippen LogP contribution in [0.2, 0.25) is 0 Å². The van der Waals surface area contributed by atoms with Gasteiger partial charge in [0.25, 0.3) is 0 Å². The van der Waals surface area contributed by atoms with Gasteiger partial charge in [-0.3, -0.25) is 14.4 Å². The van der Waals surface area contributed by atoms with Gasteiger partial charge in [0.2, 0.25) is 17.7 Å². The highest BCUT2D eigenvalue weighted by Gasteiger charge is 2.30. The topological polar surface area (TPSA) is 183 Å². The molecule has 0 aromatic carbocycles. The molecule has 29 heavy (non-hydrogen) atoms. The second kappa shape index (κ2) is 13.4. The van der Waals surface area contributed by atoms with E-state index in [1.165, 1.54) is 0 Å². The third-order valence-electron chi connectivity index (χ3n) is 4.57. The van der Waals surface area contributed by atoms with Crippen LogP contribution in [0.25, 0.3) is 0 Å². The quantitative estimate of drug-likeness (QED) is 0.114. The van der Waals surface area contributed by atoms with Crippen molar-refractivity contribution < 1.29 is 29.4 Å². The molecule has 4 atom stereocenters. The third-order valence-corrected chi connectivity index (χ3v) is 4.93. The van der Waals surface area contributed by atoms with Crippen LogP contribution < -0.4 is 27.0 Å². The van der Waals surface area contributed by atoms with Crippen molar-refractivity contribution in [2.24, 2.45) is 5.73 Å². The lowest BCUT2D eigenvalue weighted by atomic mass is 10.1. The van der Waals surface area contributed by atoms with E-state index in [-0.39, 0.29) is 24.1 Å². The average molecular weight is 434 g/mol. The molecule has 1 saturated heterocycles. The van der Waals surface area contributed by atoms with Crippen molar-refractivity contribution in [3.8, 4) is 0 Å². The molecule has 0 bridgehead atoms. The number of unbranched alkanes of at least 4 members (excludes halogenated alkanes) is 1. The number of carbonyl (C=O) groups is 4. The summed E-state index contributed by atoms with van der Waals surface area (Å²) in [6, 6.07) is -3.90. The minimum Gasteiger partial charge on any atom is -0.480 e. The summed E-state index contributed by atoms with van der Waals surface area (Å²) in [5, 5.41) is 28.9. The van der Waals surface area contributed by atoms with Crippen molar-refractivity contribution in [3.05, 3.63) is 0 Å². The van der Waals surface area contributed by atoms with Crippen molar-refractivity contribution in [1.29, 1.82) is 0 Å². The van der Waals surface area contributed by atoms with Crippen LogP contribution in [0.4, 0.5) is 0 Å². The summed E-state index contributed by atoms with van der Waals surface area (Å²) in [4.78, 5) is 48.2. The highest BCUT2D eigenvalue weighted by molar-refractivity contribution is 7.80. The van der Waals surface area contributed by atoms with Gasteiger partial charge < -0.3 is 37.2 Å². The van der Waals surface area contributed by atoms with Gasteiger partial charge in [0, 0.05) is 5.75 Å². The maximum atomic E-state index is 12.4. The fourth-order valence-corrected chi connectivity index (χ4v) is 3.12. The first-order chi connectivity index (χ1) is 13.8. The molecule has 1 fully saturated rings. The van der Waals surface area contributed by atoms with Crippen LogP contribution in [0.5, 0.6) is 0 Å². The molecule has 1 rings (SSSR count). The van der Waals surface area contributed by atoms with Gasteiger partial charge in [-0.25, -0.2) is 4.79 Å². The molecule has 1 aliphatic rings. The van der Waals surface area contributed by atoms with Gasteiger partial charge in [-0.15, -0.1) is 0 Å². The number of hydrogen-bond donors (Lipinski definition) is 8. The van der Waals surface area contributed by atoms with Crippen molar-refractivity contribution in [2.75, 3.05) is 25.4 Å². The molecule has 1 heterocycles. The highest BCUT2D eigenvalue weighted by Crippen LogP contribution is 2.06. The highest BCUT2D eigenvalue weighted by atomic mass is 32.1. The summed E-state index contributed by atoms with van der Waals surface area (Å²) in [5.41, 5.74) is 5.38. The standard InChI is InChI=1S/C17H31N5O6S/c18-6-2-1-4-11(17(27)28)20-15(25)12(8-23)21-16(26)13(9-29)22-14(24)10-5-3-7-19-10/h10-13,19,23,29H,1-9,18H2,(H,20,25)(H,21,26)(H,22,24)(H,27,28). The number of aliphatic carboxylic acids is 1. The number of thiol groups is 1. The summed E-state index contributed by atoms with van der Waals surface area (Å²) in [6.07, 6.45) is 2.81. The lowest BCUT2D eigenvalue weighted by Gasteiger charge is -2.23. The second-order valence-electron chi connectivity index (χ2n) is 6.82. The Bertz CT molecular complexity index is 573. The van der Waals surface area contributed by atoms with Gasteiger partial charge in [-0.05, 0) is 45.2 Å². The minimum atomic E-state index is -1.36. The van der Waals surface area contributed by atoms with E-state index in [4.69, 9.17) is 5.73 Å². The first-order valence-electron chi connectivity index (χ1n) is 9.63. The van der Waals surface area contributed by atoms with Crippen LogP contribution in [0.15, 0.2) is 0 Å². The van der Waals surface area contributed by atoms with Crippen LogP contribution in [0.3, 0.4) is 0 Å². The number of aliphatic hydroxyl groups excluding tert-OH is 1. The largest absolute Gasteiger partial charge is 0.480 e. The van der Waals surface area contributed by atoms with Crippen molar-refractivity contribution >= 4 is 36.3 Å². The van der Waals surface area contributed by atoms with E-state index in [0.29, 0.717) is 25.8 Å². The van der Waals surface area contributed by atoms with Gasteiger partial charge in [-0.1, -0.05) is 0 Å². The predicted octanol–water partition coefficient (Wildman–Crippen LogP) is -2.67. The average Bonchev–Trinajstić information content (AvgIpc) is 3.23. The molecule has 0 saturated carbocycles. The van der Waals surface area contributed by atoms with Gasteiger partial charge >= 0.3 is 5.97 Å². The van der Waals surface area contributed by atoms with Crippen LogP contribution in [0.1, 0.15) is 32.1 Å². The minimum absolute atomic E-state index is 0.0130. The van der Waals surface area contributed by atoms with Crippen LogP contribution in [0, 0.1) is 0 Å². The van der Waals surface area contributed by atoms with Crippen LogP contribution >= 0.6 is 12.6 Å². The third kappa shape index (κ3) is 8.56. The Morgan fingerprint density at radius 3 is 2.24 bits per heavy atom. The van der Waals surface area contributed by atoms with Crippen molar-refractivity contribution in [2.45, 2.75) is 56.3 Å². The molecule has 3 amide bonds. The molecule has 0 aromatic heterocycles. The molecular weight excluding hydrogens is 402 g/mol. The number of carbonyl (C=O) groups excluding carboxylic acids is 3. The molecule has 0 radical (unpaired) electrons. The van der Waals surface area contributed by atoms with Gasteiger partial charge in [0.15, 0.2) is 0 Å². The Hall–Kier alpha value is -1.89. The smallest absolute Gasteiger partial charge is 0.326 e. The molecule has 1 aliphatic heterocycles. The van der Waals surface area contributed by atoms with Gasteiger partial charge in [0.05, 0.1) is 12.6 Å². The van der Waals surface area contributed by atoms with Crippen LogP contribution in [-0.2, 0) is 19.2 Å². The number of hydrogen-bond acceptors (Lipinski definition) is 8. The summed E-state index contributed by atoms with van der Waals surface area (Å²) < 4.78 is 0. The number of carboxylic acids is 1. The zero-order valence-corrected chi connectivity index (χ0v) is 17.1. The zero-order chi connectivity index (χ0) is 21.8. The first-order valence-corrected chi connectivity index (χ1v) is 10.3. The molecule has 8 N–H and O–H groups in total. The summed E-state index contributed by atoms with van der Waals surface area (Å²) >= 11 is 4.06. The van der Waals surface area contributed by atoms with Crippen molar-refractivity contribution in [3.63, 3.8) is 0 Å². The van der Waals surface area contributed by atoms with Gasteiger partial charge in [-0.2, -0.15) is 12.6 Å². The zero-order valence-electron chi connectivity index (χ0n) is 16.2. The fourth-order valence-electron chi connectivity index (χ4n) is 2.86. The fraction of sp³-hybridized carbons (Fsp3) is 0.765. The van der Waals surface area contributed by atoms with Crippen molar-refractivity contribution in [1.82, 2.24) is 21.3 Å². The number of carboxylic acid groups (broad SMARTS) is 1. The van der Waals surface area contributed by atoms with E-state index in [2.05, 4.69) is 33.9 Å². The molecule has 12 heteroatoms. The summed E-state index contributed by atoms with van der Waals surface area (Å²) in [7, 11) is 0. The number of rotatable bonds is 13. The Balaban J connectivity index is 2.62. The maximum Gasteiger partial charge on any atom is 0.326 e. The number of nitrogens with two attached hydrogens (primary N) is 1. The normalized spacial score (nSPS) is 19.1. The number of amides is 3. The Morgan fingerprint density at radius 2 is 1.72 bits per heavy atom. The summed E-state index contributed by atoms with van der Waals surface area (Å²) in [6.45, 7) is 0.394. The van der Waals surface area contributed by atoms with Gasteiger partial charge in [0.1, 0.15) is 18.1 Å². The summed E-state index contributed by atoms with van der Waals surface area (Å²) in [5.74, 6) is -3.10. The van der Waals surface area contributed by atoms with E-state index in [9.17, 15) is 29.4 Å². The van der Waals surface area contributed by atoms with E-state index < -0.39 is 42.5 Å². The van der Waals surface area contributed by atoms with E-state index >= 15 is 0 Å². The lowest BCUT2D eigenvalue weighted by Crippen LogP contribution is -2.58. The second-order valence-corrected chi connectivity index (χ2v) is 7.19. The Kier molecular flexibility index (Phi) is 11.6. The molecule has 11 nitrogen and oxygen atoms in total. The Morgan fingerprint density at radius 1 is 1.07 bits per heavy atom. The van der Waals surface area contributed by atoms with E-state index in [1.54, 1.807) is 0 Å². The monoisotopic (exact) mass is 433 g/mol. The molecule has 4 unspecified atom stereocenters. The SMILES string of the molecule is NCCCCC(NC(=O)C(CO)NC(=O)C(CS)NC(=O)C1CCCN1)C(=O)O. The molecule has 0 spiro atoms. The molecular formula is C17H31N5O6S. The predicted molar refractivity (Wildman–Crippen MR) is 108 cm³/mol. The van der Waals surface area contributed by atoms with E-state index in [1.807, 2.05) is 0 Å². The first kappa shape index (κ1) is 25.1. The van der Waals surface area contributed by atoms with Crippen LogP contribution in [-0.4, -0.2) is 83.5 Å². The number of aliphatic hydroxyl groups is 1. The lowest BCUT2D eigenvalue weighted by molar-refractivity contribution is -0.142. The molecule has 0 aliphatic carbocycles. The molecule has 166 valence electrons. The van der Waals surface area contributed by atoms with E-state index in [0.717, 1.165) is 13.0 Å².